The van der Waals surface area contributed by atoms with Crippen molar-refractivity contribution in [3.8, 4) is 17.6 Å². The van der Waals surface area contributed by atoms with Gasteiger partial charge in [-0.15, -0.1) is 11.3 Å². The van der Waals surface area contributed by atoms with Gasteiger partial charge in [0, 0.05) is 17.7 Å². The number of aromatic nitrogens is 1. The van der Waals surface area contributed by atoms with Crippen molar-refractivity contribution in [3.63, 3.8) is 0 Å². The molecule has 0 aliphatic rings. The van der Waals surface area contributed by atoms with E-state index in [0.29, 0.717) is 17.6 Å². The molecule has 4 nitrogen and oxygen atoms in total. The number of hydrogen-bond acceptors (Lipinski definition) is 4. The molecule has 0 radical (unpaired) electrons. The molecule has 5 heteroatoms. The van der Waals surface area contributed by atoms with Crippen LogP contribution in [0.25, 0.3) is 10.2 Å². The van der Waals surface area contributed by atoms with Crippen LogP contribution in [0.4, 0.5) is 5.69 Å². The normalized spacial score (nSPS) is 10.1. The number of phenolic OH excluding ortho intramolecular Hbond substituents is 1. The van der Waals surface area contributed by atoms with E-state index in [0.717, 1.165) is 20.8 Å². The highest BCUT2D eigenvalue weighted by molar-refractivity contribution is 7.18. The average Bonchev–Trinajstić information content (AvgIpc) is 2.96. The van der Waals surface area contributed by atoms with Crippen LogP contribution in [0, 0.1) is 18.8 Å². The number of thiazole rings is 1. The summed E-state index contributed by atoms with van der Waals surface area (Å²) in [4.78, 5) is 15.6. The lowest BCUT2D eigenvalue weighted by Gasteiger charge is -2.03. The number of fused-ring (bicyclic) bond motifs is 1. The maximum Gasteiger partial charge on any atom is 0.247 e. The Labute approximate surface area is 149 Å². The molecule has 124 valence electrons. The van der Waals surface area contributed by atoms with Crippen LogP contribution in [0.1, 0.15) is 16.1 Å². The summed E-state index contributed by atoms with van der Waals surface area (Å²) in [7, 11) is 0. The Bertz CT molecular complexity index is 1030. The minimum atomic E-state index is -0.244. The van der Waals surface area contributed by atoms with Crippen LogP contribution in [-0.4, -0.2) is 16.0 Å². The highest BCUT2D eigenvalue weighted by Crippen LogP contribution is 2.30. The minimum absolute atomic E-state index is 0.153. The van der Waals surface area contributed by atoms with Crippen molar-refractivity contribution in [2.24, 2.45) is 0 Å². The molecule has 0 atom stereocenters. The number of rotatable bonds is 3. The zero-order valence-corrected chi connectivity index (χ0v) is 14.5. The smallest absolute Gasteiger partial charge is 0.247 e. The molecule has 2 N–H and O–H groups in total. The second-order valence-corrected chi connectivity index (χ2v) is 6.68. The molecule has 3 rings (SSSR count). The molecule has 0 unspecified atom stereocenters. The van der Waals surface area contributed by atoms with Crippen molar-refractivity contribution in [1.82, 2.24) is 4.98 Å². The number of aromatic hydroxyl groups is 1. The molecule has 0 saturated heterocycles. The number of hydrogen-bond donors (Lipinski definition) is 2. The number of nitrogens with zero attached hydrogens (tertiary/aromatic N) is 1. The van der Waals surface area contributed by atoms with E-state index < -0.39 is 0 Å². The van der Waals surface area contributed by atoms with Crippen LogP contribution < -0.4 is 5.32 Å². The average molecular weight is 348 g/mol. The molecule has 0 saturated carbocycles. The number of aryl methyl sites for hydroxylation is 1. The fraction of sp³-hybridized carbons (Fsp3) is 0.100. The third-order valence-electron chi connectivity index (χ3n) is 3.49. The Hall–Kier alpha value is -3.10. The molecule has 25 heavy (non-hydrogen) atoms. The van der Waals surface area contributed by atoms with Crippen LogP contribution in [0.5, 0.6) is 5.75 Å². The molecule has 1 aromatic heterocycles. The van der Waals surface area contributed by atoms with Gasteiger partial charge in [-0.25, -0.2) is 4.98 Å². The van der Waals surface area contributed by atoms with Crippen molar-refractivity contribution >= 4 is 33.1 Å². The van der Waals surface area contributed by atoms with Gasteiger partial charge in [0.25, 0.3) is 0 Å². The zero-order chi connectivity index (χ0) is 17.8. The Morgan fingerprint density at radius 2 is 2.24 bits per heavy atom. The van der Waals surface area contributed by atoms with Crippen LogP contribution in [-0.2, 0) is 11.2 Å². The second-order valence-electron chi connectivity index (χ2n) is 5.45. The largest absolute Gasteiger partial charge is 0.506 e. The van der Waals surface area contributed by atoms with E-state index in [1.807, 2.05) is 37.3 Å². The molecule has 3 aromatic rings. The Morgan fingerprint density at radius 3 is 3.04 bits per heavy atom. The van der Waals surface area contributed by atoms with E-state index in [1.54, 1.807) is 6.07 Å². The van der Waals surface area contributed by atoms with Gasteiger partial charge < -0.3 is 10.4 Å². The summed E-state index contributed by atoms with van der Waals surface area (Å²) < 4.78 is 0.927. The molecule has 1 amide bonds. The number of nitrogens with one attached hydrogen (secondary N) is 1. The first-order valence-corrected chi connectivity index (χ1v) is 8.48. The highest BCUT2D eigenvalue weighted by atomic mass is 32.1. The Morgan fingerprint density at radius 1 is 1.40 bits per heavy atom. The molecular formula is C20H16N2O2S. The lowest BCUT2D eigenvalue weighted by molar-refractivity contribution is -0.111. The molecule has 1 heterocycles. The van der Waals surface area contributed by atoms with Gasteiger partial charge in [0.1, 0.15) is 11.3 Å². The predicted molar refractivity (Wildman–Crippen MR) is 102 cm³/mol. The molecular weight excluding hydrogens is 332 g/mol. The summed E-state index contributed by atoms with van der Waals surface area (Å²) in [5.41, 5.74) is 3.08. The first-order chi connectivity index (χ1) is 12.0. The first kappa shape index (κ1) is 16.7. The number of phenols is 1. The SMILES string of the molecule is C=CC(=O)Nc1cccc(CC#Cc2cc(O)c3nc(C)sc3c2)c1. The van der Waals surface area contributed by atoms with Gasteiger partial charge in [-0.05, 0) is 42.8 Å². The fourth-order valence-electron chi connectivity index (χ4n) is 2.40. The number of amides is 1. The van der Waals surface area contributed by atoms with E-state index in [9.17, 15) is 9.90 Å². The van der Waals surface area contributed by atoms with E-state index in [1.165, 1.54) is 17.4 Å². The molecule has 0 fully saturated rings. The number of carbonyl (C=O) groups excluding carboxylic acids is 1. The van der Waals surface area contributed by atoms with Gasteiger partial charge in [0.05, 0.1) is 9.71 Å². The monoisotopic (exact) mass is 348 g/mol. The maximum atomic E-state index is 11.3. The third kappa shape index (κ3) is 4.06. The summed E-state index contributed by atoms with van der Waals surface area (Å²) in [6, 6.07) is 11.1. The topological polar surface area (TPSA) is 62.2 Å². The third-order valence-corrected chi connectivity index (χ3v) is 4.40. The summed E-state index contributed by atoms with van der Waals surface area (Å²) >= 11 is 1.53. The predicted octanol–water partition coefficient (Wildman–Crippen LogP) is 4.03. The lowest BCUT2D eigenvalue weighted by Crippen LogP contribution is -2.07. The maximum absolute atomic E-state index is 11.3. The molecule has 0 aliphatic carbocycles. The summed E-state index contributed by atoms with van der Waals surface area (Å²) in [6.45, 7) is 5.34. The summed E-state index contributed by atoms with van der Waals surface area (Å²) in [6.07, 6.45) is 1.77. The van der Waals surface area contributed by atoms with Crippen molar-refractivity contribution < 1.29 is 9.90 Å². The minimum Gasteiger partial charge on any atom is -0.506 e. The number of anilines is 1. The van der Waals surface area contributed by atoms with Crippen LogP contribution in [0.2, 0.25) is 0 Å². The van der Waals surface area contributed by atoms with Gasteiger partial charge in [-0.3, -0.25) is 4.79 Å². The lowest BCUT2D eigenvalue weighted by atomic mass is 10.1. The first-order valence-electron chi connectivity index (χ1n) is 7.66. The molecule has 0 bridgehead atoms. The second kappa shape index (κ2) is 7.20. The van der Waals surface area contributed by atoms with Gasteiger partial charge in [0.15, 0.2) is 0 Å². The van der Waals surface area contributed by atoms with Gasteiger partial charge in [-0.1, -0.05) is 30.6 Å². The van der Waals surface area contributed by atoms with Crippen LogP contribution in [0.15, 0.2) is 49.1 Å². The van der Waals surface area contributed by atoms with E-state index >= 15 is 0 Å². The quantitative estimate of drug-likeness (QED) is 0.555. The number of benzene rings is 2. The van der Waals surface area contributed by atoms with Gasteiger partial charge >= 0.3 is 0 Å². The molecule has 0 aliphatic heterocycles. The zero-order valence-electron chi connectivity index (χ0n) is 13.7. The standard InChI is InChI=1S/C20H16N2O2S/c1-3-19(24)22-16-9-5-7-14(10-16)6-4-8-15-11-17(23)20-18(12-15)25-13(2)21-20/h3,5,7,9-12,23H,1,6H2,2H3,(H,22,24). The fourth-order valence-corrected chi connectivity index (χ4v) is 3.28. The van der Waals surface area contributed by atoms with Crippen LogP contribution >= 0.6 is 11.3 Å². The van der Waals surface area contributed by atoms with E-state index in [-0.39, 0.29) is 11.7 Å². The van der Waals surface area contributed by atoms with Crippen molar-refractivity contribution in [3.05, 3.63) is 65.2 Å². The van der Waals surface area contributed by atoms with Gasteiger partial charge in [0.2, 0.25) is 5.91 Å². The van der Waals surface area contributed by atoms with Gasteiger partial charge in [-0.2, -0.15) is 0 Å². The van der Waals surface area contributed by atoms with Crippen molar-refractivity contribution in [2.75, 3.05) is 5.32 Å². The highest BCUT2D eigenvalue weighted by Gasteiger charge is 2.06. The molecule has 2 aromatic carbocycles. The summed E-state index contributed by atoms with van der Waals surface area (Å²) in [5, 5.41) is 13.7. The van der Waals surface area contributed by atoms with Crippen molar-refractivity contribution in [2.45, 2.75) is 13.3 Å². The van der Waals surface area contributed by atoms with Crippen molar-refractivity contribution in [1.29, 1.82) is 0 Å². The van der Waals surface area contributed by atoms with E-state index in [4.69, 9.17) is 0 Å². The summed E-state index contributed by atoms with van der Waals surface area (Å²) in [5.74, 6) is 6.08. The van der Waals surface area contributed by atoms with Crippen LogP contribution in [0.3, 0.4) is 0 Å². The molecule has 0 spiro atoms. The van der Waals surface area contributed by atoms with E-state index in [2.05, 4.69) is 28.7 Å². The Kier molecular flexibility index (Phi) is 4.82. The number of carbonyl (C=O) groups is 1. The Balaban J connectivity index is 1.77.